The highest BCUT2D eigenvalue weighted by Gasteiger charge is 2.63. The largest absolute Gasteiger partial charge is 0.418 e. The van der Waals surface area contributed by atoms with E-state index in [0.717, 1.165) is 15.1 Å². The van der Waals surface area contributed by atoms with Crippen LogP contribution in [0.1, 0.15) is 43.2 Å². The summed E-state index contributed by atoms with van der Waals surface area (Å²) < 4.78 is 49.9. The normalized spacial score (nSPS) is 19.7. The standard InChI is InChI=1S/C23H19BrClF3N4OS/c1-34-19-17(20-29-30-21(33-20)22(11-4-12-22)23(26,27)28)31-32(16-6-3-2-5-15(16)25)18(19)13-7-9-14(24)10-8-13/h2-3,5-7,9-10,13H,4,8,11-12H2,1H3. The Balaban J connectivity index is 1.66. The summed E-state index contributed by atoms with van der Waals surface area (Å²) >= 11 is 11.4. The first-order valence-electron chi connectivity index (χ1n) is 10.6. The van der Waals surface area contributed by atoms with E-state index in [9.17, 15) is 13.2 Å². The van der Waals surface area contributed by atoms with E-state index in [2.05, 4.69) is 38.3 Å². The molecule has 0 bridgehead atoms. The molecule has 2 heterocycles. The number of thioether (sulfide) groups is 1. The lowest BCUT2D eigenvalue weighted by Crippen LogP contribution is -2.48. The zero-order chi connectivity index (χ0) is 24.1. The van der Waals surface area contributed by atoms with Gasteiger partial charge in [-0.15, -0.1) is 22.0 Å². The van der Waals surface area contributed by atoms with E-state index in [1.807, 2.05) is 30.5 Å². The van der Waals surface area contributed by atoms with E-state index in [4.69, 9.17) is 21.1 Å². The maximum absolute atomic E-state index is 13.8. The minimum Gasteiger partial charge on any atom is -0.418 e. The Morgan fingerprint density at radius 3 is 2.59 bits per heavy atom. The first kappa shape index (κ1) is 23.7. The van der Waals surface area contributed by atoms with E-state index < -0.39 is 17.5 Å². The van der Waals surface area contributed by atoms with Crippen molar-refractivity contribution in [2.75, 3.05) is 6.26 Å². The van der Waals surface area contributed by atoms with Crippen molar-refractivity contribution in [3.8, 4) is 17.3 Å². The van der Waals surface area contributed by atoms with Crippen LogP contribution in [0.5, 0.6) is 0 Å². The summed E-state index contributed by atoms with van der Waals surface area (Å²) in [6.45, 7) is 0. The van der Waals surface area contributed by atoms with Crippen LogP contribution in [0.3, 0.4) is 0 Å². The summed E-state index contributed by atoms with van der Waals surface area (Å²) in [5, 5.41) is 13.1. The molecular weight excluding hydrogens is 553 g/mol. The second kappa shape index (κ2) is 8.87. The van der Waals surface area contributed by atoms with Gasteiger partial charge in [0.25, 0.3) is 5.89 Å². The average Bonchev–Trinajstić information content (AvgIpc) is 3.38. The molecule has 5 rings (SSSR count). The number of nitrogens with zero attached hydrogens (tertiary/aromatic N) is 4. The SMILES string of the molecule is CSc1c(-c2nnc(C3(C(F)(F)F)CCC3)o2)nn(-c2ccccc2Cl)c1C1C=CC(Br)=CC1. The highest BCUT2D eigenvalue weighted by atomic mass is 79.9. The fourth-order valence-corrected chi connectivity index (χ4v) is 5.67. The Hall–Kier alpha value is -2.04. The maximum Gasteiger partial charge on any atom is 0.403 e. The molecule has 5 nitrogen and oxygen atoms in total. The molecular formula is C23H19BrClF3N4OS. The first-order valence-corrected chi connectivity index (χ1v) is 13.0. The fourth-order valence-electron chi connectivity index (χ4n) is 4.35. The topological polar surface area (TPSA) is 56.7 Å². The molecule has 0 amide bonds. The summed E-state index contributed by atoms with van der Waals surface area (Å²) in [5.41, 5.74) is -0.208. The number of benzene rings is 1. The van der Waals surface area contributed by atoms with Gasteiger partial charge in [-0.3, -0.25) is 0 Å². The Labute approximate surface area is 211 Å². The molecule has 1 aromatic carbocycles. The molecule has 3 aromatic rings. The van der Waals surface area contributed by atoms with Crippen molar-refractivity contribution in [3.05, 3.63) is 63.6 Å². The van der Waals surface area contributed by atoms with Crippen molar-refractivity contribution in [1.29, 1.82) is 0 Å². The predicted molar refractivity (Wildman–Crippen MR) is 129 cm³/mol. The van der Waals surface area contributed by atoms with Gasteiger partial charge in [0.1, 0.15) is 5.41 Å². The lowest BCUT2D eigenvalue weighted by Gasteiger charge is -2.39. The van der Waals surface area contributed by atoms with Gasteiger partial charge in [-0.25, -0.2) is 4.68 Å². The van der Waals surface area contributed by atoms with Gasteiger partial charge in [0.15, 0.2) is 5.69 Å². The summed E-state index contributed by atoms with van der Waals surface area (Å²) in [4.78, 5) is 0.755. The van der Waals surface area contributed by atoms with Crippen LogP contribution in [0.15, 0.2) is 56.3 Å². The van der Waals surface area contributed by atoms with Crippen LogP contribution in [0.25, 0.3) is 17.3 Å². The van der Waals surface area contributed by atoms with Crippen LogP contribution >= 0.6 is 39.3 Å². The molecule has 0 saturated heterocycles. The van der Waals surface area contributed by atoms with Crippen LogP contribution < -0.4 is 0 Å². The Kier molecular flexibility index (Phi) is 6.18. The molecule has 11 heteroatoms. The second-order valence-electron chi connectivity index (χ2n) is 8.27. The van der Waals surface area contributed by atoms with Gasteiger partial charge >= 0.3 is 6.18 Å². The van der Waals surface area contributed by atoms with Crippen LogP contribution in [0.2, 0.25) is 5.02 Å². The number of rotatable bonds is 5. The highest BCUT2D eigenvalue weighted by Crippen LogP contribution is 2.54. The van der Waals surface area contributed by atoms with Crippen molar-refractivity contribution in [2.45, 2.75) is 48.1 Å². The number of hydrogen-bond donors (Lipinski definition) is 0. The van der Waals surface area contributed by atoms with Gasteiger partial charge in [-0.05, 0) is 37.7 Å². The number of aromatic nitrogens is 4. The Morgan fingerprint density at radius 1 is 1.24 bits per heavy atom. The molecule has 0 spiro atoms. The number of para-hydroxylation sites is 1. The summed E-state index contributed by atoms with van der Waals surface area (Å²) in [6.07, 6.45) is 4.60. The molecule has 0 aliphatic heterocycles. The van der Waals surface area contributed by atoms with Crippen LogP contribution in [-0.4, -0.2) is 32.4 Å². The van der Waals surface area contributed by atoms with E-state index in [1.165, 1.54) is 11.8 Å². The van der Waals surface area contributed by atoms with E-state index >= 15 is 0 Å². The molecule has 2 aliphatic rings. The average molecular weight is 572 g/mol. The van der Waals surface area contributed by atoms with Crippen LogP contribution in [-0.2, 0) is 5.41 Å². The number of allylic oxidation sites excluding steroid dienone is 4. The molecule has 1 atom stereocenters. The van der Waals surface area contributed by atoms with E-state index in [0.29, 0.717) is 29.2 Å². The summed E-state index contributed by atoms with van der Waals surface area (Å²) in [5.74, 6) is -0.457. The predicted octanol–water partition coefficient (Wildman–Crippen LogP) is 7.60. The minimum atomic E-state index is -4.45. The first-order chi connectivity index (χ1) is 16.2. The van der Waals surface area contributed by atoms with Crippen molar-refractivity contribution < 1.29 is 17.6 Å². The van der Waals surface area contributed by atoms with Crippen molar-refractivity contribution in [1.82, 2.24) is 20.0 Å². The minimum absolute atomic E-state index is 0.0292. The van der Waals surface area contributed by atoms with Gasteiger partial charge in [-0.2, -0.15) is 18.3 Å². The summed E-state index contributed by atoms with van der Waals surface area (Å²) in [6, 6.07) is 7.29. The van der Waals surface area contributed by atoms with E-state index in [-0.39, 0.29) is 24.7 Å². The summed E-state index contributed by atoms with van der Waals surface area (Å²) in [7, 11) is 0. The number of halogens is 5. The van der Waals surface area contributed by atoms with Crippen molar-refractivity contribution >= 4 is 39.3 Å². The maximum atomic E-state index is 13.8. The Bertz CT molecular complexity index is 1300. The molecule has 1 unspecified atom stereocenters. The quantitative estimate of drug-likeness (QED) is 0.295. The lowest BCUT2D eigenvalue weighted by atomic mass is 9.68. The lowest BCUT2D eigenvalue weighted by molar-refractivity contribution is -0.219. The fraction of sp³-hybridized carbons (Fsp3) is 0.348. The zero-order valence-electron chi connectivity index (χ0n) is 17.9. The number of alkyl halides is 3. The molecule has 0 radical (unpaired) electrons. The van der Waals surface area contributed by atoms with Crippen LogP contribution in [0.4, 0.5) is 13.2 Å². The second-order valence-corrected chi connectivity index (χ2v) is 10.4. The third-order valence-electron chi connectivity index (χ3n) is 6.35. The molecule has 178 valence electrons. The zero-order valence-corrected chi connectivity index (χ0v) is 21.1. The highest BCUT2D eigenvalue weighted by molar-refractivity contribution is 9.11. The van der Waals surface area contributed by atoms with E-state index in [1.54, 1.807) is 10.7 Å². The van der Waals surface area contributed by atoms with Crippen LogP contribution in [0, 0.1) is 0 Å². The monoisotopic (exact) mass is 570 g/mol. The third-order valence-corrected chi connectivity index (χ3v) is 8.07. The van der Waals surface area contributed by atoms with Gasteiger partial charge in [0.2, 0.25) is 5.89 Å². The molecule has 1 fully saturated rings. The van der Waals surface area contributed by atoms with Gasteiger partial charge in [0.05, 0.1) is 21.3 Å². The molecule has 0 N–H and O–H groups in total. The van der Waals surface area contributed by atoms with Gasteiger partial charge in [-0.1, -0.05) is 64.3 Å². The molecule has 1 saturated carbocycles. The smallest absolute Gasteiger partial charge is 0.403 e. The van der Waals surface area contributed by atoms with Crippen molar-refractivity contribution in [2.24, 2.45) is 0 Å². The molecule has 2 aliphatic carbocycles. The Morgan fingerprint density at radius 2 is 2.00 bits per heavy atom. The molecule has 2 aromatic heterocycles. The number of hydrogen-bond acceptors (Lipinski definition) is 5. The molecule has 34 heavy (non-hydrogen) atoms. The van der Waals surface area contributed by atoms with Crippen molar-refractivity contribution in [3.63, 3.8) is 0 Å². The third kappa shape index (κ3) is 3.83. The van der Waals surface area contributed by atoms with Gasteiger partial charge < -0.3 is 4.42 Å². The van der Waals surface area contributed by atoms with Gasteiger partial charge in [0, 0.05) is 10.4 Å².